The van der Waals surface area contributed by atoms with Gasteiger partial charge in [0.15, 0.2) is 0 Å². The van der Waals surface area contributed by atoms with Crippen LogP contribution in [-0.4, -0.2) is 22.1 Å². The van der Waals surface area contributed by atoms with Crippen LogP contribution in [0.1, 0.15) is 31.4 Å². The van der Waals surface area contributed by atoms with Gasteiger partial charge in [0.2, 0.25) is 5.88 Å². The minimum atomic E-state index is -0.303. The molecule has 3 rings (SSSR count). The molecule has 1 aromatic carbocycles. The molecule has 2 aromatic rings. The number of halogens is 1. The summed E-state index contributed by atoms with van der Waals surface area (Å²) in [5, 5.41) is 0. The van der Waals surface area contributed by atoms with Crippen LogP contribution in [0.3, 0.4) is 0 Å². The van der Waals surface area contributed by atoms with E-state index < -0.39 is 0 Å². The fraction of sp³-hybridized carbons (Fsp3) is 0.444. The molecule has 0 N–H and O–H groups in total. The van der Waals surface area contributed by atoms with Crippen LogP contribution in [0.4, 0.5) is 10.2 Å². The second-order valence-electron chi connectivity index (χ2n) is 6.40. The van der Waals surface area contributed by atoms with Crippen molar-refractivity contribution in [1.82, 2.24) is 9.55 Å². The average Bonchev–Trinajstić information content (AvgIpc) is 2.55. The molecule has 0 saturated carbocycles. The summed E-state index contributed by atoms with van der Waals surface area (Å²) in [4.78, 5) is 18.4. The Morgan fingerprint density at radius 3 is 2.79 bits per heavy atom. The highest BCUT2D eigenvalue weighted by Crippen LogP contribution is 2.24. The van der Waals surface area contributed by atoms with Gasteiger partial charge in [-0.1, -0.05) is 12.1 Å². The molecule has 5 nitrogen and oxygen atoms in total. The van der Waals surface area contributed by atoms with Crippen molar-refractivity contribution in [3.05, 3.63) is 51.7 Å². The highest BCUT2D eigenvalue weighted by atomic mass is 19.1. The number of ether oxygens (including phenoxy) is 1. The number of aryl methyl sites for hydroxylation is 1. The third-order valence-corrected chi connectivity index (χ3v) is 4.29. The van der Waals surface area contributed by atoms with Gasteiger partial charge in [-0.15, -0.1) is 0 Å². The average molecular weight is 331 g/mol. The molecular formula is C18H22FN3O2. The first-order valence-corrected chi connectivity index (χ1v) is 8.22. The number of benzene rings is 1. The van der Waals surface area contributed by atoms with E-state index in [1.165, 1.54) is 6.07 Å². The number of fused-ring (bicyclic) bond motifs is 1. The number of aromatic nitrogens is 2. The van der Waals surface area contributed by atoms with Crippen molar-refractivity contribution < 1.29 is 9.13 Å². The Kier molecular flexibility index (Phi) is 4.55. The molecule has 0 unspecified atom stereocenters. The number of rotatable bonds is 4. The maximum atomic E-state index is 13.6. The second kappa shape index (κ2) is 6.63. The molecule has 24 heavy (non-hydrogen) atoms. The van der Waals surface area contributed by atoms with Gasteiger partial charge < -0.3 is 9.64 Å². The van der Waals surface area contributed by atoms with Crippen molar-refractivity contribution in [2.24, 2.45) is 0 Å². The fourth-order valence-electron chi connectivity index (χ4n) is 2.92. The summed E-state index contributed by atoms with van der Waals surface area (Å²) in [5.41, 5.74) is 0.998. The van der Waals surface area contributed by atoms with Crippen molar-refractivity contribution in [3.8, 4) is 5.88 Å². The van der Waals surface area contributed by atoms with E-state index in [-0.39, 0.29) is 30.0 Å². The van der Waals surface area contributed by atoms with E-state index in [2.05, 4.69) is 23.7 Å². The summed E-state index contributed by atoms with van der Waals surface area (Å²) in [7, 11) is 0. The lowest BCUT2D eigenvalue weighted by Crippen LogP contribution is -2.42. The van der Waals surface area contributed by atoms with Gasteiger partial charge in [-0.2, -0.15) is 4.98 Å². The number of hydrogen-bond donors (Lipinski definition) is 0. The predicted octanol–water partition coefficient (Wildman–Crippen LogP) is 2.89. The quantitative estimate of drug-likeness (QED) is 0.864. The summed E-state index contributed by atoms with van der Waals surface area (Å²) in [6.45, 7) is 7.66. The van der Waals surface area contributed by atoms with Gasteiger partial charge in [-0.05, 0) is 44.4 Å². The summed E-state index contributed by atoms with van der Waals surface area (Å²) >= 11 is 0. The largest absolute Gasteiger partial charge is 0.473 e. The van der Waals surface area contributed by atoms with Gasteiger partial charge in [0.05, 0.1) is 0 Å². The van der Waals surface area contributed by atoms with Crippen molar-refractivity contribution in [2.45, 2.75) is 46.4 Å². The van der Waals surface area contributed by atoms with Crippen LogP contribution in [0.5, 0.6) is 5.88 Å². The molecule has 1 aliphatic rings. The summed E-state index contributed by atoms with van der Waals surface area (Å²) in [5.74, 6) is 0.849. The van der Waals surface area contributed by atoms with E-state index >= 15 is 0 Å². The molecule has 0 spiro atoms. The lowest BCUT2D eigenvalue weighted by Gasteiger charge is -2.34. The van der Waals surface area contributed by atoms with Crippen molar-refractivity contribution in [2.75, 3.05) is 11.4 Å². The second-order valence-corrected chi connectivity index (χ2v) is 6.40. The normalized spacial score (nSPS) is 14.0. The van der Waals surface area contributed by atoms with Crippen LogP contribution < -0.4 is 15.3 Å². The van der Waals surface area contributed by atoms with E-state index in [9.17, 15) is 9.18 Å². The topological polar surface area (TPSA) is 47.4 Å². The zero-order valence-electron chi connectivity index (χ0n) is 14.3. The Morgan fingerprint density at radius 1 is 1.29 bits per heavy atom. The fourth-order valence-corrected chi connectivity index (χ4v) is 2.92. The van der Waals surface area contributed by atoms with Gasteiger partial charge in [-0.25, -0.2) is 9.18 Å². The Morgan fingerprint density at radius 2 is 2.08 bits per heavy atom. The van der Waals surface area contributed by atoms with Crippen molar-refractivity contribution >= 4 is 5.82 Å². The van der Waals surface area contributed by atoms with E-state index in [0.29, 0.717) is 17.7 Å². The maximum Gasteiger partial charge on any atom is 0.352 e. The third kappa shape index (κ3) is 3.27. The van der Waals surface area contributed by atoms with E-state index in [1.807, 2.05) is 6.07 Å². The SMILES string of the molecule is Cc1ccc(COc2cc3n(c(=O)n2)CCCN3C(C)C)cc1F. The third-order valence-electron chi connectivity index (χ3n) is 4.29. The molecule has 6 heteroatoms. The van der Waals surface area contributed by atoms with Gasteiger partial charge in [-0.3, -0.25) is 4.57 Å². The van der Waals surface area contributed by atoms with Crippen LogP contribution in [0.25, 0.3) is 0 Å². The minimum Gasteiger partial charge on any atom is -0.473 e. The van der Waals surface area contributed by atoms with Crippen molar-refractivity contribution in [3.63, 3.8) is 0 Å². The van der Waals surface area contributed by atoms with Crippen LogP contribution in [-0.2, 0) is 13.2 Å². The molecule has 0 amide bonds. The van der Waals surface area contributed by atoms with Crippen LogP contribution >= 0.6 is 0 Å². The highest BCUT2D eigenvalue weighted by Gasteiger charge is 2.21. The lowest BCUT2D eigenvalue weighted by atomic mass is 10.1. The predicted molar refractivity (Wildman–Crippen MR) is 91.1 cm³/mol. The van der Waals surface area contributed by atoms with Gasteiger partial charge in [0.1, 0.15) is 18.2 Å². The van der Waals surface area contributed by atoms with Crippen LogP contribution in [0.2, 0.25) is 0 Å². The molecular weight excluding hydrogens is 309 g/mol. The number of hydrogen-bond acceptors (Lipinski definition) is 4. The molecule has 1 aliphatic heterocycles. The lowest BCUT2D eigenvalue weighted by molar-refractivity contribution is 0.289. The minimum absolute atomic E-state index is 0.175. The molecule has 0 saturated heterocycles. The van der Waals surface area contributed by atoms with E-state index in [1.54, 1.807) is 23.6 Å². The van der Waals surface area contributed by atoms with Gasteiger partial charge in [0.25, 0.3) is 0 Å². The Balaban J connectivity index is 1.84. The van der Waals surface area contributed by atoms with E-state index in [4.69, 9.17) is 4.74 Å². The number of anilines is 1. The van der Waals surface area contributed by atoms with E-state index in [0.717, 1.165) is 18.8 Å². The van der Waals surface area contributed by atoms with Crippen molar-refractivity contribution in [1.29, 1.82) is 0 Å². The Bertz CT molecular complexity index is 801. The molecule has 0 atom stereocenters. The zero-order valence-corrected chi connectivity index (χ0v) is 14.3. The summed E-state index contributed by atoms with van der Waals surface area (Å²) in [6.07, 6.45) is 0.926. The molecule has 0 fully saturated rings. The zero-order chi connectivity index (χ0) is 17.3. The first-order valence-electron chi connectivity index (χ1n) is 8.22. The molecule has 0 radical (unpaired) electrons. The molecule has 128 valence electrons. The smallest absolute Gasteiger partial charge is 0.352 e. The van der Waals surface area contributed by atoms with Gasteiger partial charge >= 0.3 is 5.69 Å². The molecule has 0 bridgehead atoms. The van der Waals surface area contributed by atoms with Gasteiger partial charge in [0, 0.05) is 25.2 Å². The molecule has 2 heterocycles. The summed E-state index contributed by atoms with van der Waals surface area (Å²) < 4.78 is 20.9. The monoisotopic (exact) mass is 331 g/mol. The Hall–Kier alpha value is -2.37. The van der Waals surface area contributed by atoms with Crippen LogP contribution in [0.15, 0.2) is 29.1 Å². The highest BCUT2D eigenvalue weighted by molar-refractivity contribution is 5.44. The summed E-state index contributed by atoms with van der Waals surface area (Å²) in [6, 6.07) is 7.05. The number of nitrogens with zero attached hydrogens (tertiary/aromatic N) is 3. The molecule has 1 aromatic heterocycles. The Labute approximate surface area is 140 Å². The molecule has 0 aliphatic carbocycles. The first kappa shape index (κ1) is 16.5. The standard InChI is InChI=1S/C18H22FN3O2/c1-12(2)21-7-4-8-22-17(21)10-16(20-18(22)23)24-11-14-6-5-13(3)15(19)9-14/h5-6,9-10,12H,4,7-8,11H2,1-3H3. The first-order chi connectivity index (χ1) is 11.5. The van der Waals surface area contributed by atoms with Crippen LogP contribution in [0, 0.1) is 12.7 Å². The maximum absolute atomic E-state index is 13.6.